The van der Waals surface area contributed by atoms with Gasteiger partial charge in [-0.05, 0) is 43.6 Å². The molecule has 1 aromatic rings. The quantitative estimate of drug-likeness (QED) is 0.736. The van der Waals surface area contributed by atoms with E-state index in [1.807, 2.05) is 0 Å². The molecule has 1 amide bonds. The van der Waals surface area contributed by atoms with Crippen LogP contribution in [0.3, 0.4) is 0 Å². The summed E-state index contributed by atoms with van der Waals surface area (Å²) in [7, 11) is 1.42. The molecule has 1 heterocycles. The Kier molecular flexibility index (Phi) is 6.35. The number of carbonyl (C=O) groups excluding carboxylic acids is 1. The molecule has 0 aliphatic carbocycles. The molecule has 2 N–H and O–H groups in total. The van der Waals surface area contributed by atoms with Gasteiger partial charge in [0, 0.05) is 0 Å². The lowest BCUT2D eigenvalue weighted by Crippen LogP contribution is -2.57. The normalized spacial score (nSPS) is 13.6. The number of nitrogens with zero attached hydrogens (tertiary/aromatic N) is 2. The zero-order chi connectivity index (χ0) is 18.5. The van der Waals surface area contributed by atoms with E-state index in [-0.39, 0.29) is 18.4 Å². The molecule has 0 fully saturated rings. The highest BCUT2D eigenvalue weighted by Gasteiger charge is 2.38. The number of amides is 1. The van der Waals surface area contributed by atoms with Gasteiger partial charge in [0.05, 0.1) is 7.11 Å². The number of rotatable bonds is 6. The van der Waals surface area contributed by atoms with Gasteiger partial charge < -0.3 is 24.6 Å². The largest absolute Gasteiger partial charge is 0.480 e. The standard InChI is InChI=1S/C14H20BrN3O6/c1-13(2,3)24-12(21)18-14(4,11(19)20)6-23-10-8(15)9(22-5)16-7-17-10/h7H,6H2,1-5H3,(H,18,21)(H,19,20)/t14-/m0/s1. The molecule has 0 aliphatic rings. The Morgan fingerprint density at radius 3 is 2.33 bits per heavy atom. The Hall–Kier alpha value is -2.10. The maximum atomic E-state index is 11.9. The maximum absolute atomic E-state index is 11.9. The second-order valence-corrected chi connectivity index (χ2v) is 6.85. The highest BCUT2D eigenvalue weighted by atomic mass is 79.9. The topological polar surface area (TPSA) is 120 Å². The second-order valence-electron chi connectivity index (χ2n) is 6.05. The number of carboxylic acid groups (broad SMARTS) is 1. The summed E-state index contributed by atoms with van der Waals surface area (Å²) < 4.78 is 15.8. The van der Waals surface area contributed by atoms with Crippen LogP contribution in [0.15, 0.2) is 10.8 Å². The number of aliphatic carboxylic acids is 1. The number of aromatic nitrogens is 2. The van der Waals surface area contributed by atoms with E-state index in [0.29, 0.717) is 4.47 Å². The molecular weight excluding hydrogens is 386 g/mol. The predicted molar refractivity (Wildman–Crippen MR) is 87.2 cm³/mol. The van der Waals surface area contributed by atoms with Crippen LogP contribution in [-0.2, 0) is 9.53 Å². The van der Waals surface area contributed by atoms with Crippen molar-refractivity contribution in [1.29, 1.82) is 0 Å². The zero-order valence-corrected chi connectivity index (χ0v) is 15.6. The fourth-order valence-electron chi connectivity index (χ4n) is 1.47. The zero-order valence-electron chi connectivity index (χ0n) is 14.0. The van der Waals surface area contributed by atoms with Crippen molar-refractivity contribution in [3.05, 3.63) is 10.8 Å². The van der Waals surface area contributed by atoms with Crippen molar-refractivity contribution in [2.75, 3.05) is 13.7 Å². The van der Waals surface area contributed by atoms with E-state index in [2.05, 4.69) is 31.2 Å². The third-order valence-corrected chi connectivity index (χ3v) is 3.34. The molecule has 0 bridgehead atoms. The summed E-state index contributed by atoms with van der Waals surface area (Å²) in [6.07, 6.45) is 0.341. The van der Waals surface area contributed by atoms with E-state index >= 15 is 0 Å². The number of carboxylic acids is 1. The van der Waals surface area contributed by atoms with Crippen molar-refractivity contribution in [2.24, 2.45) is 0 Å². The first-order chi connectivity index (χ1) is 11.0. The van der Waals surface area contributed by atoms with Gasteiger partial charge in [-0.3, -0.25) is 0 Å². The molecule has 9 nitrogen and oxygen atoms in total. The molecule has 0 unspecified atom stereocenters. The molecule has 0 saturated heterocycles. The first-order valence-electron chi connectivity index (χ1n) is 6.90. The number of carbonyl (C=O) groups is 2. The van der Waals surface area contributed by atoms with Crippen LogP contribution in [-0.4, -0.2) is 52.0 Å². The minimum absolute atomic E-state index is 0.0836. The number of nitrogens with one attached hydrogen (secondary N) is 1. The third kappa shape index (κ3) is 5.52. The maximum Gasteiger partial charge on any atom is 0.408 e. The molecule has 0 radical (unpaired) electrons. The molecule has 0 aromatic carbocycles. The number of hydrogen-bond acceptors (Lipinski definition) is 7. The van der Waals surface area contributed by atoms with Crippen LogP contribution in [0, 0.1) is 0 Å². The van der Waals surface area contributed by atoms with Gasteiger partial charge in [-0.25, -0.2) is 19.6 Å². The van der Waals surface area contributed by atoms with Gasteiger partial charge in [-0.1, -0.05) is 0 Å². The molecule has 0 saturated carbocycles. The third-order valence-electron chi connectivity index (χ3n) is 2.67. The first-order valence-corrected chi connectivity index (χ1v) is 7.69. The van der Waals surface area contributed by atoms with Gasteiger partial charge >= 0.3 is 12.1 Å². The molecule has 1 atom stereocenters. The van der Waals surface area contributed by atoms with Crippen LogP contribution in [0.5, 0.6) is 11.8 Å². The highest BCUT2D eigenvalue weighted by Crippen LogP contribution is 2.30. The minimum atomic E-state index is -1.72. The lowest BCUT2D eigenvalue weighted by atomic mass is 10.1. The van der Waals surface area contributed by atoms with Crippen molar-refractivity contribution >= 4 is 28.0 Å². The Morgan fingerprint density at radius 2 is 1.83 bits per heavy atom. The van der Waals surface area contributed by atoms with Crippen LogP contribution in [0.4, 0.5) is 4.79 Å². The number of alkyl carbamates (subject to hydrolysis) is 1. The second kappa shape index (κ2) is 7.65. The van der Waals surface area contributed by atoms with Gasteiger partial charge in [0.1, 0.15) is 23.0 Å². The molecule has 0 spiro atoms. The average molecular weight is 406 g/mol. The first kappa shape index (κ1) is 19.9. The van der Waals surface area contributed by atoms with Crippen LogP contribution in [0.2, 0.25) is 0 Å². The Balaban J connectivity index is 2.86. The number of ether oxygens (including phenoxy) is 3. The Bertz CT molecular complexity index is 619. The highest BCUT2D eigenvalue weighted by molar-refractivity contribution is 9.10. The summed E-state index contributed by atoms with van der Waals surface area (Å²) in [5.41, 5.74) is -2.48. The van der Waals surface area contributed by atoms with Gasteiger partial charge in [0.25, 0.3) is 0 Å². The van der Waals surface area contributed by atoms with Crippen LogP contribution in [0.25, 0.3) is 0 Å². The molecule has 24 heavy (non-hydrogen) atoms. The molecule has 1 aromatic heterocycles. The fourth-order valence-corrected chi connectivity index (χ4v) is 1.96. The van der Waals surface area contributed by atoms with E-state index in [0.717, 1.165) is 0 Å². The van der Waals surface area contributed by atoms with Crippen molar-refractivity contribution in [3.63, 3.8) is 0 Å². The average Bonchev–Trinajstić information content (AvgIpc) is 2.43. The van der Waals surface area contributed by atoms with Crippen LogP contribution < -0.4 is 14.8 Å². The molecule has 1 rings (SSSR count). The lowest BCUT2D eigenvalue weighted by Gasteiger charge is -2.28. The number of halogens is 1. The van der Waals surface area contributed by atoms with Crippen molar-refractivity contribution in [3.8, 4) is 11.8 Å². The van der Waals surface area contributed by atoms with E-state index in [1.54, 1.807) is 20.8 Å². The predicted octanol–water partition coefficient (Wildman–Crippen LogP) is 1.99. The summed E-state index contributed by atoms with van der Waals surface area (Å²) in [5, 5.41) is 11.7. The summed E-state index contributed by atoms with van der Waals surface area (Å²) >= 11 is 3.20. The number of methoxy groups -OCH3 is 1. The van der Waals surface area contributed by atoms with E-state index < -0.39 is 23.2 Å². The lowest BCUT2D eigenvalue weighted by molar-refractivity contribution is -0.145. The molecule has 0 aliphatic heterocycles. The summed E-state index contributed by atoms with van der Waals surface area (Å²) in [4.78, 5) is 31.1. The SMILES string of the molecule is COc1ncnc(OC[C@](C)(NC(=O)OC(C)(C)C)C(=O)O)c1Br. The van der Waals surface area contributed by atoms with Crippen LogP contribution in [0.1, 0.15) is 27.7 Å². The fraction of sp³-hybridized carbons (Fsp3) is 0.571. The van der Waals surface area contributed by atoms with Crippen LogP contribution >= 0.6 is 15.9 Å². The number of hydrogen-bond donors (Lipinski definition) is 2. The minimum Gasteiger partial charge on any atom is -0.480 e. The van der Waals surface area contributed by atoms with E-state index in [1.165, 1.54) is 20.4 Å². The Morgan fingerprint density at radius 1 is 1.25 bits per heavy atom. The van der Waals surface area contributed by atoms with E-state index in [4.69, 9.17) is 14.2 Å². The summed E-state index contributed by atoms with van der Waals surface area (Å²) in [6.45, 7) is 5.92. The molecule has 134 valence electrons. The van der Waals surface area contributed by atoms with Crippen molar-refractivity contribution in [2.45, 2.75) is 38.8 Å². The van der Waals surface area contributed by atoms with Crippen molar-refractivity contribution < 1.29 is 28.9 Å². The molecular formula is C14H20BrN3O6. The summed E-state index contributed by atoms with van der Waals surface area (Å²) in [5.74, 6) is -0.969. The molecule has 10 heteroatoms. The van der Waals surface area contributed by atoms with Gasteiger partial charge in [0.2, 0.25) is 11.8 Å². The van der Waals surface area contributed by atoms with E-state index in [9.17, 15) is 14.7 Å². The smallest absolute Gasteiger partial charge is 0.408 e. The Labute approximate surface area is 147 Å². The van der Waals surface area contributed by atoms with Gasteiger partial charge in [-0.15, -0.1) is 0 Å². The van der Waals surface area contributed by atoms with Gasteiger partial charge in [-0.2, -0.15) is 0 Å². The van der Waals surface area contributed by atoms with Gasteiger partial charge in [0.15, 0.2) is 5.54 Å². The summed E-state index contributed by atoms with van der Waals surface area (Å²) in [6, 6.07) is 0. The van der Waals surface area contributed by atoms with Crippen molar-refractivity contribution in [1.82, 2.24) is 15.3 Å². The monoisotopic (exact) mass is 405 g/mol.